The number of aryl methyl sites for hydroxylation is 1. The zero-order valence-corrected chi connectivity index (χ0v) is 10.4. The summed E-state index contributed by atoms with van der Waals surface area (Å²) in [4.78, 5) is 19.1. The van der Waals surface area contributed by atoms with Crippen molar-refractivity contribution in [2.75, 3.05) is 7.11 Å². The second kappa shape index (κ2) is 4.44. The lowest BCUT2D eigenvalue weighted by Gasteiger charge is -2.00. The van der Waals surface area contributed by atoms with Gasteiger partial charge in [0.15, 0.2) is 0 Å². The van der Waals surface area contributed by atoms with Crippen LogP contribution in [0, 0.1) is 0 Å². The Bertz CT molecular complexity index is 584. The fraction of sp³-hybridized carbons (Fsp3) is 0.429. The van der Waals surface area contributed by atoms with Crippen molar-refractivity contribution >= 4 is 17.0 Å². The Balaban J connectivity index is 1.79. The number of nitrogens with one attached hydrogen (secondary N) is 1. The molecular weight excluding hydrogens is 228 g/mol. The van der Waals surface area contributed by atoms with Crippen LogP contribution in [0.15, 0.2) is 18.2 Å². The molecule has 2 aromatic rings. The van der Waals surface area contributed by atoms with E-state index in [-0.39, 0.29) is 5.97 Å². The van der Waals surface area contributed by atoms with Gasteiger partial charge in [0.2, 0.25) is 0 Å². The van der Waals surface area contributed by atoms with Crippen LogP contribution < -0.4 is 0 Å². The minimum atomic E-state index is -0.168. The third kappa shape index (κ3) is 2.23. The number of imidazole rings is 1. The predicted octanol–water partition coefficient (Wildman–Crippen LogP) is 2.55. The Morgan fingerprint density at radius 2 is 2.33 bits per heavy atom. The average molecular weight is 244 g/mol. The number of aromatic amines is 1. The van der Waals surface area contributed by atoms with E-state index in [1.165, 1.54) is 20.0 Å². The first-order valence-electron chi connectivity index (χ1n) is 6.31. The molecule has 0 bridgehead atoms. The summed E-state index contributed by atoms with van der Waals surface area (Å²) >= 11 is 0. The maximum absolute atomic E-state index is 11.1. The molecule has 0 saturated heterocycles. The van der Waals surface area contributed by atoms with Crippen LogP contribution in [-0.4, -0.2) is 23.0 Å². The molecule has 18 heavy (non-hydrogen) atoms. The number of hydrogen-bond acceptors (Lipinski definition) is 3. The highest BCUT2D eigenvalue weighted by molar-refractivity contribution is 5.76. The van der Waals surface area contributed by atoms with Crippen molar-refractivity contribution in [1.29, 1.82) is 0 Å². The Morgan fingerprint density at radius 1 is 1.50 bits per heavy atom. The summed E-state index contributed by atoms with van der Waals surface area (Å²) in [5.41, 5.74) is 3.22. The van der Waals surface area contributed by atoms with E-state index in [2.05, 4.69) is 20.8 Å². The fourth-order valence-electron chi connectivity index (χ4n) is 2.13. The first kappa shape index (κ1) is 11.3. The predicted molar refractivity (Wildman–Crippen MR) is 68.4 cm³/mol. The SMILES string of the molecule is COC(=O)CCc1ccc2nc(C3CC3)[nH]c2c1. The van der Waals surface area contributed by atoms with E-state index in [1.54, 1.807) is 0 Å². The van der Waals surface area contributed by atoms with Crippen molar-refractivity contribution in [2.24, 2.45) is 0 Å². The first-order valence-corrected chi connectivity index (χ1v) is 6.31. The van der Waals surface area contributed by atoms with Gasteiger partial charge in [0.1, 0.15) is 5.82 Å². The highest BCUT2D eigenvalue weighted by Gasteiger charge is 2.26. The van der Waals surface area contributed by atoms with Gasteiger partial charge in [-0.25, -0.2) is 4.98 Å². The third-order valence-electron chi connectivity index (χ3n) is 3.37. The van der Waals surface area contributed by atoms with Crippen LogP contribution in [0.25, 0.3) is 11.0 Å². The van der Waals surface area contributed by atoms with Gasteiger partial charge in [-0.05, 0) is 37.0 Å². The van der Waals surface area contributed by atoms with E-state index in [0.29, 0.717) is 18.8 Å². The summed E-state index contributed by atoms with van der Waals surface area (Å²) in [6.45, 7) is 0. The summed E-state index contributed by atoms with van der Waals surface area (Å²) in [7, 11) is 1.42. The summed E-state index contributed by atoms with van der Waals surface area (Å²) < 4.78 is 4.64. The minimum Gasteiger partial charge on any atom is -0.469 e. The highest BCUT2D eigenvalue weighted by Crippen LogP contribution is 2.39. The maximum atomic E-state index is 11.1. The number of carbonyl (C=O) groups is 1. The molecule has 1 aromatic heterocycles. The molecule has 1 aromatic carbocycles. The number of aromatic nitrogens is 2. The van der Waals surface area contributed by atoms with Crippen LogP contribution in [0.5, 0.6) is 0 Å². The first-order chi connectivity index (χ1) is 8.76. The number of methoxy groups -OCH3 is 1. The molecule has 0 aliphatic heterocycles. The smallest absolute Gasteiger partial charge is 0.305 e. The molecule has 3 rings (SSSR count). The topological polar surface area (TPSA) is 55.0 Å². The van der Waals surface area contributed by atoms with Gasteiger partial charge in [-0.1, -0.05) is 6.07 Å². The van der Waals surface area contributed by atoms with Crippen LogP contribution in [0.4, 0.5) is 0 Å². The van der Waals surface area contributed by atoms with Crippen molar-refractivity contribution in [3.8, 4) is 0 Å². The summed E-state index contributed by atoms with van der Waals surface area (Å²) in [6, 6.07) is 6.13. The van der Waals surface area contributed by atoms with Gasteiger partial charge in [0.05, 0.1) is 18.1 Å². The number of fused-ring (bicyclic) bond motifs is 1. The molecule has 0 atom stereocenters. The zero-order valence-electron chi connectivity index (χ0n) is 10.4. The third-order valence-corrected chi connectivity index (χ3v) is 3.37. The second-order valence-corrected chi connectivity index (χ2v) is 4.82. The van der Waals surface area contributed by atoms with Crippen molar-refractivity contribution in [3.63, 3.8) is 0 Å². The number of nitrogens with zero attached hydrogens (tertiary/aromatic N) is 1. The largest absolute Gasteiger partial charge is 0.469 e. The molecule has 0 amide bonds. The molecule has 1 heterocycles. The molecule has 0 radical (unpaired) electrons. The number of rotatable bonds is 4. The lowest BCUT2D eigenvalue weighted by Crippen LogP contribution is -2.01. The number of esters is 1. The second-order valence-electron chi connectivity index (χ2n) is 4.82. The lowest BCUT2D eigenvalue weighted by atomic mass is 10.1. The molecule has 0 spiro atoms. The van der Waals surface area contributed by atoms with Crippen LogP contribution in [0.2, 0.25) is 0 Å². The summed E-state index contributed by atoms with van der Waals surface area (Å²) in [5.74, 6) is 1.57. The Labute approximate surface area is 105 Å². The van der Waals surface area contributed by atoms with Gasteiger partial charge < -0.3 is 9.72 Å². The molecule has 0 unspecified atom stereocenters. The zero-order chi connectivity index (χ0) is 12.5. The van der Waals surface area contributed by atoms with E-state index in [0.717, 1.165) is 22.4 Å². The standard InChI is InChI=1S/C14H16N2O2/c1-18-13(17)7-3-9-2-6-11-12(8-9)16-14(15-11)10-4-5-10/h2,6,8,10H,3-5,7H2,1H3,(H,15,16). The van der Waals surface area contributed by atoms with E-state index >= 15 is 0 Å². The Kier molecular flexibility index (Phi) is 2.78. The van der Waals surface area contributed by atoms with Crippen molar-refractivity contribution in [3.05, 3.63) is 29.6 Å². The van der Waals surface area contributed by atoms with Crippen molar-refractivity contribution < 1.29 is 9.53 Å². The molecule has 4 nitrogen and oxygen atoms in total. The quantitative estimate of drug-likeness (QED) is 0.841. The molecule has 1 saturated carbocycles. The molecular formula is C14H16N2O2. The number of benzene rings is 1. The van der Waals surface area contributed by atoms with E-state index < -0.39 is 0 Å². The van der Waals surface area contributed by atoms with Gasteiger partial charge in [0, 0.05) is 12.3 Å². The number of hydrogen-bond donors (Lipinski definition) is 1. The molecule has 1 N–H and O–H groups in total. The van der Waals surface area contributed by atoms with E-state index in [4.69, 9.17) is 0 Å². The lowest BCUT2D eigenvalue weighted by molar-refractivity contribution is -0.140. The average Bonchev–Trinajstić information content (AvgIpc) is 3.15. The van der Waals surface area contributed by atoms with Crippen LogP contribution in [0.1, 0.15) is 36.6 Å². The summed E-state index contributed by atoms with van der Waals surface area (Å²) in [6.07, 6.45) is 3.62. The van der Waals surface area contributed by atoms with Crippen LogP contribution in [-0.2, 0) is 16.0 Å². The number of ether oxygens (including phenoxy) is 1. The van der Waals surface area contributed by atoms with Crippen LogP contribution >= 0.6 is 0 Å². The van der Waals surface area contributed by atoms with Crippen molar-refractivity contribution in [2.45, 2.75) is 31.6 Å². The fourth-order valence-corrected chi connectivity index (χ4v) is 2.13. The van der Waals surface area contributed by atoms with Gasteiger partial charge in [-0.3, -0.25) is 4.79 Å². The normalized spacial score (nSPS) is 14.9. The minimum absolute atomic E-state index is 0.168. The molecule has 1 aliphatic carbocycles. The van der Waals surface area contributed by atoms with Crippen molar-refractivity contribution in [1.82, 2.24) is 9.97 Å². The van der Waals surface area contributed by atoms with Gasteiger partial charge >= 0.3 is 5.97 Å². The van der Waals surface area contributed by atoms with Gasteiger partial charge in [-0.15, -0.1) is 0 Å². The monoisotopic (exact) mass is 244 g/mol. The highest BCUT2D eigenvalue weighted by atomic mass is 16.5. The number of H-pyrrole nitrogens is 1. The molecule has 1 aliphatic rings. The molecule has 1 fully saturated rings. The molecule has 4 heteroatoms. The number of carbonyl (C=O) groups excluding carboxylic acids is 1. The van der Waals surface area contributed by atoms with Gasteiger partial charge in [-0.2, -0.15) is 0 Å². The maximum Gasteiger partial charge on any atom is 0.305 e. The van der Waals surface area contributed by atoms with Crippen LogP contribution in [0.3, 0.4) is 0 Å². The Hall–Kier alpha value is -1.84. The molecule has 94 valence electrons. The summed E-state index contributed by atoms with van der Waals surface area (Å²) in [5, 5.41) is 0. The Morgan fingerprint density at radius 3 is 3.06 bits per heavy atom. The van der Waals surface area contributed by atoms with E-state index in [1.807, 2.05) is 12.1 Å². The van der Waals surface area contributed by atoms with E-state index in [9.17, 15) is 4.79 Å². The van der Waals surface area contributed by atoms with Gasteiger partial charge in [0.25, 0.3) is 0 Å².